The number of ether oxygens (including phenoxy) is 4. The lowest BCUT2D eigenvalue weighted by Crippen LogP contribution is -2.38. The number of methoxy groups -OCH3 is 2. The van der Waals surface area contributed by atoms with Gasteiger partial charge in [-0.05, 0) is 61.2 Å². The molecule has 4 rings (SSSR count). The molecule has 1 atom stereocenters. The molecule has 2 heterocycles. The molecule has 1 N–H and O–H groups in total. The van der Waals surface area contributed by atoms with Crippen LogP contribution in [0.4, 0.5) is 0 Å². The third kappa shape index (κ3) is 6.42. The Kier molecular flexibility index (Phi) is 10.1. The molecule has 2 aromatic carbocycles. The van der Waals surface area contributed by atoms with E-state index in [2.05, 4.69) is 11.8 Å². The fraction of sp³-hybridized carbons (Fsp3) is 0.484. The molecule has 1 unspecified atom stereocenters. The molecule has 40 heavy (non-hydrogen) atoms. The second kappa shape index (κ2) is 13.7. The third-order valence-corrected chi connectivity index (χ3v) is 7.44. The highest BCUT2D eigenvalue weighted by Gasteiger charge is 2.46. The second-order valence-corrected chi connectivity index (χ2v) is 10.1. The van der Waals surface area contributed by atoms with Gasteiger partial charge in [0.1, 0.15) is 11.5 Å². The molecule has 0 spiro atoms. The van der Waals surface area contributed by atoms with E-state index in [-0.39, 0.29) is 11.3 Å². The van der Waals surface area contributed by atoms with Gasteiger partial charge in [-0.1, -0.05) is 19.4 Å². The zero-order valence-corrected chi connectivity index (χ0v) is 23.9. The Morgan fingerprint density at radius 3 is 2.38 bits per heavy atom. The van der Waals surface area contributed by atoms with Crippen LogP contribution in [0.3, 0.4) is 0 Å². The van der Waals surface area contributed by atoms with Crippen LogP contribution >= 0.6 is 0 Å². The van der Waals surface area contributed by atoms with Crippen LogP contribution in [0.1, 0.15) is 48.9 Å². The molecular weight excluding hydrogens is 512 g/mol. The van der Waals surface area contributed by atoms with Gasteiger partial charge in [-0.25, -0.2) is 0 Å². The number of hydrogen-bond donors (Lipinski definition) is 1. The van der Waals surface area contributed by atoms with Crippen molar-refractivity contribution in [3.05, 3.63) is 58.7 Å². The van der Waals surface area contributed by atoms with Crippen LogP contribution in [0.15, 0.2) is 42.0 Å². The Balaban J connectivity index is 1.70. The number of nitrogens with zero attached hydrogens (tertiary/aromatic N) is 2. The first-order valence-electron chi connectivity index (χ1n) is 13.9. The van der Waals surface area contributed by atoms with E-state index in [1.165, 1.54) is 7.11 Å². The van der Waals surface area contributed by atoms with E-state index < -0.39 is 17.7 Å². The summed E-state index contributed by atoms with van der Waals surface area (Å²) in [5, 5.41) is 11.5. The minimum Gasteiger partial charge on any atom is -0.507 e. The minimum atomic E-state index is -0.773. The highest BCUT2D eigenvalue weighted by molar-refractivity contribution is 6.46. The molecule has 216 valence electrons. The molecule has 0 radical (unpaired) electrons. The molecule has 9 nitrogen and oxygen atoms in total. The summed E-state index contributed by atoms with van der Waals surface area (Å²) in [5.74, 6) is 0.194. The molecule has 2 aromatic rings. The first-order valence-corrected chi connectivity index (χ1v) is 13.9. The molecule has 1 amide bonds. The fourth-order valence-electron chi connectivity index (χ4n) is 5.21. The van der Waals surface area contributed by atoms with Crippen molar-refractivity contribution in [3.63, 3.8) is 0 Å². The number of aryl methyl sites for hydroxylation is 1. The number of Topliss-reactive ketones (excluding diaryl/α,β-unsaturated/α-hetero) is 1. The summed E-state index contributed by atoms with van der Waals surface area (Å²) in [4.78, 5) is 30.7. The average molecular weight is 553 g/mol. The van der Waals surface area contributed by atoms with E-state index in [1.54, 1.807) is 48.4 Å². The first-order chi connectivity index (χ1) is 19.4. The van der Waals surface area contributed by atoms with Crippen LogP contribution < -0.4 is 14.2 Å². The Morgan fingerprint density at radius 2 is 1.70 bits per heavy atom. The van der Waals surface area contributed by atoms with E-state index in [4.69, 9.17) is 18.9 Å². The van der Waals surface area contributed by atoms with Gasteiger partial charge in [0, 0.05) is 31.7 Å². The standard InChI is InChI=1S/C31H40N2O7/c1-5-6-16-40-24-10-9-23(19-21(24)2)29(34)27-28(22-8-11-25(37-3)26(20-22)38-4)33(31(36)30(27)35)13-7-12-32-14-17-39-18-15-32/h8-11,19-20,28,34H,5-7,12-18H2,1-4H3. The maximum absolute atomic E-state index is 13.5. The Labute approximate surface area is 236 Å². The van der Waals surface area contributed by atoms with Gasteiger partial charge < -0.3 is 29.0 Å². The van der Waals surface area contributed by atoms with Gasteiger partial charge in [-0.3, -0.25) is 14.5 Å². The summed E-state index contributed by atoms with van der Waals surface area (Å²) in [7, 11) is 3.08. The summed E-state index contributed by atoms with van der Waals surface area (Å²) < 4.78 is 22.2. The van der Waals surface area contributed by atoms with Crippen LogP contribution in [0, 0.1) is 6.92 Å². The highest BCUT2D eigenvalue weighted by atomic mass is 16.5. The molecule has 2 fully saturated rings. The SMILES string of the molecule is CCCCOc1ccc(C(O)=C2C(=O)C(=O)N(CCCN3CCOCC3)C2c2ccc(OC)c(OC)c2)cc1C. The third-order valence-electron chi connectivity index (χ3n) is 7.44. The largest absolute Gasteiger partial charge is 0.507 e. The zero-order chi connectivity index (χ0) is 28.6. The van der Waals surface area contributed by atoms with Crippen molar-refractivity contribution in [2.24, 2.45) is 0 Å². The molecule has 2 aliphatic rings. The van der Waals surface area contributed by atoms with Crippen molar-refractivity contribution < 1.29 is 33.6 Å². The molecule has 0 saturated carbocycles. The molecular formula is C31H40N2O7. The first kappa shape index (κ1) is 29.4. The van der Waals surface area contributed by atoms with Crippen LogP contribution in [0.5, 0.6) is 17.2 Å². The van der Waals surface area contributed by atoms with Crippen molar-refractivity contribution in [1.82, 2.24) is 9.80 Å². The van der Waals surface area contributed by atoms with Gasteiger partial charge in [0.25, 0.3) is 11.7 Å². The summed E-state index contributed by atoms with van der Waals surface area (Å²) in [6, 6.07) is 9.84. The lowest BCUT2D eigenvalue weighted by Gasteiger charge is -2.29. The maximum Gasteiger partial charge on any atom is 0.295 e. The van der Waals surface area contributed by atoms with Gasteiger partial charge >= 0.3 is 0 Å². The maximum atomic E-state index is 13.5. The lowest BCUT2D eigenvalue weighted by molar-refractivity contribution is -0.140. The molecule has 0 aromatic heterocycles. The normalized spacial score (nSPS) is 19.2. The van der Waals surface area contributed by atoms with Gasteiger partial charge in [-0.15, -0.1) is 0 Å². The number of carbonyl (C=O) groups is 2. The Morgan fingerprint density at radius 1 is 0.975 bits per heavy atom. The second-order valence-electron chi connectivity index (χ2n) is 10.1. The summed E-state index contributed by atoms with van der Waals surface area (Å²) in [6.07, 6.45) is 2.65. The fourth-order valence-corrected chi connectivity index (χ4v) is 5.21. The van der Waals surface area contributed by atoms with Crippen molar-refractivity contribution in [2.75, 3.05) is 60.2 Å². The zero-order valence-electron chi connectivity index (χ0n) is 23.9. The number of hydrogen-bond acceptors (Lipinski definition) is 8. The molecule has 0 bridgehead atoms. The van der Waals surface area contributed by atoms with Crippen LogP contribution in [0.2, 0.25) is 0 Å². The van der Waals surface area contributed by atoms with Crippen molar-refractivity contribution in [3.8, 4) is 17.2 Å². The molecule has 2 aliphatic heterocycles. The summed E-state index contributed by atoms with van der Waals surface area (Å²) in [5.41, 5.74) is 2.00. The van der Waals surface area contributed by atoms with Crippen LogP contribution in [-0.4, -0.2) is 86.8 Å². The van der Waals surface area contributed by atoms with E-state index in [1.807, 2.05) is 6.92 Å². The minimum absolute atomic E-state index is 0.0580. The van der Waals surface area contributed by atoms with Gasteiger partial charge in [0.2, 0.25) is 0 Å². The van der Waals surface area contributed by atoms with E-state index >= 15 is 0 Å². The molecule has 9 heteroatoms. The number of likely N-dealkylation sites (tertiary alicyclic amines) is 1. The van der Waals surface area contributed by atoms with Gasteiger partial charge in [0.05, 0.1) is 45.7 Å². The number of aliphatic hydroxyl groups is 1. The van der Waals surface area contributed by atoms with Crippen molar-refractivity contribution in [1.29, 1.82) is 0 Å². The molecule has 2 saturated heterocycles. The van der Waals surface area contributed by atoms with Crippen molar-refractivity contribution in [2.45, 2.75) is 39.2 Å². The van der Waals surface area contributed by atoms with E-state index in [0.29, 0.717) is 55.4 Å². The average Bonchev–Trinajstić information content (AvgIpc) is 3.23. The van der Waals surface area contributed by atoms with Crippen LogP contribution in [0.25, 0.3) is 5.76 Å². The summed E-state index contributed by atoms with van der Waals surface area (Å²) in [6.45, 7) is 8.82. The number of aliphatic hydroxyl groups excluding tert-OH is 1. The lowest BCUT2D eigenvalue weighted by atomic mass is 9.94. The van der Waals surface area contributed by atoms with Crippen molar-refractivity contribution >= 4 is 17.4 Å². The monoisotopic (exact) mass is 552 g/mol. The number of carbonyl (C=O) groups excluding carboxylic acids is 2. The highest BCUT2D eigenvalue weighted by Crippen LogP contribution is 2.42. The van der Waals surface area contributed by atoms with Crippen LogP contribution in [-0.2, 0) is 14.3 Å². The predicted molar refractivity (Wildman–Crippen MR) is 152 cm³/mol. The number of morpholine rings is 1. The Bertz CT molecular complexity index is 1240. The van der Waals surface area contributed by atoms with Gasteiger partial charge in [-0.2, -0.15) is 0 Å². The van der Waals surface area contributed by atoms with E-state index in [9.17, 15) is 14.7 Å². The van der Waals surface area contributed by atoms with E-state index in [0.717, 1.165) is 43.8 Å². The number of unbranched alkanes of at least 4 members (excludes halogenated alkanes) is 1. The predicted octanol–water partition coefficient (Wildman–Crippen LogP) is 4.34. The summed E-state index contributed by atoms with van der Waals surface area (Å²) >= 11 is 0. The molecule has 0 aliphatic carbocycles. The number of amides is 1. The Hall–Kier alpha value is -3.56. The topological polar surface area (TPSA) is 97.8 Å². The number of benzene rings is 2. The number of rotatable bonds is 12. The quantitative estimate of drug-likeness (QED) is 0.180. The smallest absolute Gasteiger partial charge is 0.295 e. The number of ketones is 1. The van der Waals surface area contributed by atoms with Gasteiger partial charge in [0.15, 0.2) is 11.5 Å².